The Morgan fingerprint density at radius 2 is 1.37 bits per heavy atom. The maximum Gasteiger partial charge on any atom is 0.261 e. The topological polar surface area (TPSA) is 87.2 Å². The molecule has 0 radical (unpaired) electrons. The van der Waals surface area contributed by atoms with Crippen LogP contribution in [0, 0.1) is 0 Å². The molecule has 2 aliphatic heterocycles. The Morgan fingerprint density at radius 3 is 1.94 bits per heavy atom. The number of amides is 4. The van der Waals surface area contributed by atoms with Crippen molar-refractivity contribution in [2.24, 2.45) is 0 Å². The third kappa shape index (κ3) is 5.70. The van der Waals surface area contributed by atoms with Gasteiger partial charge in [-0.15, -0.1) is 0 Å². The van der Waals surface area contributed by atoms with E-state index in [2.05, 4.69) is 0 Å². The number of hydrogen-bond donors (Lipinski definition) is 0. The van der Waals surface area contributed by atoms with Crippen LogP contribution in [-0.4, -0.2) is 78.2 Å². The summed E-state index contributed by atoms with van der Waals surface area (Å²) in [6.45, 7) is 2.49. The number of fused-ring (bicyclic) bond motifs is 1. The average Bonchev–Trinajstić information content (AvgIpc) is 3.04. The van der Waals surface area contributed by atoms with Crippen LogP contribution < -0.4 is 4.74 Å². The Hall–Kier alpha value is -3.68. The van der Waals surface area contributed by atoms with Gasteiger partial charge in [0.25, 0.3) is 11.8 Å². The minimum atomic E-state index is -0.295. The second-order valence-corrected chi connectivity index (χ2v) is 8.87. The third-order valence-corrected chi connectivity index (χ3v) is 6.64. The second-order valence-electron chi connectivity index (χ2n) is 8.87. The number of carbonyl (C=O) groups is 4. The maximum absolute atomic E-state index is 12.8. The van der Waals surface area contributed by atoms with E-state index in [4.69, 9.17) is 4.74 Å². The van der Waals surface area contributed by atoms with Gasteiger partial charge in [0, 0.05) is 45.6 Å². The maximum atomic E-state index is 12.8. The molecule has 0 spiro atoms. The third-order valence-electron chi connectivity index (χ3n) is 6.64. The quantitative estimate of drug-likeness (QED) is 0.546. The van der Waals surface area contributed by atoms with E-state index in [9.17, 15) is 19.2 Å². The molecule has 184 valence electrons. The summed E-state index contributed by atoms with van der Waals surface area (Å²) in [6.07, 6.45) is 2.52. The van der Waals surface area contributed by atoms with Crippen LogP contribution in [0.1, 0.15) is 52.0 Å². The van der Waals surface area contributed by atoms with Gasteiger partial charge in [0.15, 0.2) is 0 Å². The molecule has 2 heterocycles. The zero-order valence-electron chi connectivity index (χ0n) is 20.1. The normalized spacial score (nSPS) is 15.7. The lowest BCUT2D eigenvalue weighted by molar-refractivity contribution is -0.133. The summed E-state index contributed by atoms with van der Waals surface area (Å²) < 4.78 is 5.17. The van der Waals surface area contributed by atoms with Crippen LogP contribution in [0.4, 0.5) is 0 Å². The van der Waals surface area contributed by atoms with Crippen LogP contribution in [-0.2, 0) is 16.0 Å². The lowest BCUT2D eigenvalue weighted by Gasteiger charge is -2.22. The van der Waals surface area contributed by atoms with Gasteiger partial charge in [-0.05, 0) is 49.1 Å². The number of rotatable bonds is 8. The van der Waals surface area contributed by atoms with Gasteiger partial charge in [-0.1, -0.05) is 24.3 Å². The van der Waals surface area contributed by atoms with E-state index in [0.717, 1.165) is 17.7 Å². The van der Waals surface area contributed by atoms with Crippen LogP contribution in [0.2, 0.25) is 0 Å². The van der Waals surface area contributed by atoms with Crippen molar-refractivity contribution in [3.05, 3.63) is 65.2 Å². The van der Waals surface area contributed by atoms with Crippen LogP contribution in [0.3, 0.4) is 0 Å². The van der Waals surface area contributed by atoms with Crippen molar-refractivity contribution in [2.75, 3.05) is 39.8 Å². The standard InChI is InChI=1S/C27H31N3O5/c1-35-21-12-9-20(10-13-21)11-14-25(32)29-16-5-15-28(18-19-29)24(31)8-4-17-30-26(33)22-6-2-3-7-23(22)27(30)34/h2-3,6-7,9-10,12-13H,4-5,8,11,14-19H2,1H3. The monoisotopic (exact) mass is 477 g/mol. The molecule has 0 atom stereocenters. The first kappa shape index (κ1) is 24.4. The SMILES string of the molecule is COc1ccc(CCC(=O)N2CCCN(C(=O)CCCN3C(=O)c4ccccc4C3=O)CC2)cc1. The van der Waals surface area contributed by atoms with Crippen molar-refractivity contribution < 1.29 is 23.9 Å². The number of carbonyl (C=O) groups excluding carboxylic acids is 4. The molecular formula is C27H31N3O5. The summed E-state index contributed by atoms with van der Waals surface area (Å²) in [5, 5.41) is 0. The van der Waals surface area contributed by atoms with E-state index in [1.165, 1.54) is 4.90 Å². The van der Waals surface area contributed by atoms with E-state index in [1.807, 2.05) is 29.2 Å². The Kier molecular flexibility index (Phi) is 7.80. The van der Waals surface area contributed by atoms with Crippen molar-refractivity contribution in [1.29, 1.82) is 0 Å². The minimum absolute atomic E-state index is 0.00543. The molecule has 35 heavy (non-hydrogen) atoms. The summed E-state index contributed by atoms with van der Waals surface area (Å²) in [5.41, 5.74) is 1.94. The van der Waals surface area contributed by atoms with Crippen molar-refractivity contribution in [3.63, 3.8) is 0 Å². The fourth-order valence-electron chi connectivity index (χ4n) is 4.61. The number of methoxy groups -OCH3 is 1. The predicted molar refractivity (Wildman–Crippen MR) is 130 cm³/mol. The summed E-state index contributed by atoms with van der Waals surface area (Å²) in [5.74, 6) is 0.296. The van der Waals surface area contributed by atoms with Gasteiger partial charge in [-0.3, -0.25) is 24.1 Å². The number of imide groups is 1. The van der Waals surface area contributed by atoms with E-state index >= 15 is 0 Å². The highest BCUT2D eigenvalue weighted by atomic mass is 16.5. The first-order chi connectivity index (χ1) is 17.0. The molecule has 2 aromatic carbocycles. The van der Waals surface area contributed by atoms with Gasteiger partial charge in [0.1, 0.15) is 5.75 Å². The lowest BCUT2D eigenvalue weighted by atomic mass is 10.1. The molecule has 8 heteroatoms. The molecule has 0 N–H and O–H groups in total. The van der Waals surface area contributed by atoms with Crippen LogP contribution in [0.5, 0.6) is 5.75 Å². The second kappa shape index (κ2) is 11.2. The van der Waals surface area contributed by atoms with Gasteiger partial charge in [-0.25, -0.2) is 0 Å². The predicted octanol–water partition coefficient (Wildman–Crippen LogP) is 2.77. The molecule has 4 rings (SSSR count). The van der Waals surface area contributed by atoms with Gasteiger partial charge in [0.2, 0.25) is 11.8 Å². The van der Waals surface area contributed by atoms with Gasteiger partial charge >= 0.3 is 0 Å². The van der Waals surface area contributed by atoms with Crippen LogP contribution in [0.25, 0.3) is 0 Å². The number of ether oxygens (including phenoxy) is 1. The summed E-state index contributed by atoms with van der Waals surface area (Å²) in [7, 11) is 1.63. The van der Waals surface area contributed by atoms with Crippen molar-refractivity contribution >= 4 is 23.6 Å². The molecule has 0 unspecified atom stereocenters. The molecule has 0 aliphatic carbocycles. The molecule has 2 aromatic rings. The zero-order chi connectivity index (χ0) is 24.8. The molecule has 8 nitrogen and oxygen atoms in total. The fourth-order valence-corrected chi connectivity index (χ4v) is 4.61. The Morgan fingerprint density at radius 1 is 0.800 bits per heavy atom. The largest absolute Gasteiger partial charge is 0.497 e. The molecule has 4 amide bonds. The van der Waals surface area contributed by atoms with Crippen LogP contribution >= 0.6 is 0 Å². The first-order valence-corrected chi connectivity index (χ1v) is 12.1. The summed E-state index contributed by atoms with van der Waals surface area (Å²) in [4.78, 5) is 55.3. The minimum Gasteiger partial charge on any atom is -0.497 e. The van der Waals surface area contributed by atoms with Gasteiger partial charge in [0.05, 0.1) is 18.2 Å². The zero-order valence-corrected chi connectivity index (χ0v) is 20.1. The van der Waals surface area contributed by atoms with Crippen molar-refractivity contribution in [3.8, 4) is 5.75 Å². The van der Waals surface area contributed by atoms with E-state index < -0.39 is 0 Å². The Bertz CT molecular complexity index is 1060. The Labute approximate surface area is 205 Å². The average molecular weight is 478 g/mol. The smallest absolute Gasteiger partial charge is 0.261 e. The van der Waals surface area contributed by atoms with E-state index in [0.29, 0.717) is 56.6 Å². The molecular weight excluding hydrogens is 446 g/mol. The van der Waals surface area contributed by atoms with Gasteiger partial charge in [-0.2, -0.15) is 0 Å². The number of benzene rings is 2. The lowest BCUT2D eigenvalue weighted by Crippen LogP contribution is -2.38. The number of aryl methyl sites for hydroxylation is 1. The first-order valence-electron chi connectivity index (χ1n) is 12.1. The number of hydrogen-bond acceptors (Lipinski definition) is 5. The van der Waals surface area contributed by atoms with Crippen LogP contribution in [0.15, 0.2) is 48.5 Å². The number of nitrogens with zero attached hydrogens (tertiary/aromatic N) is 3. The fraction of sp³-hybridized carbons (Fsp3) is 0.407. The molecule has 1 saturated heterocycles. The summed E-state index contributed by atoms with van der Waals surface area (Å²) in [6, 6.07) is 14.5. The van der Waals surface area contributed by atoms with Gasteiger partial charge < -0.3 is 14.5 Å². The highest BCUT2D eigenvalue weighted by Gasteiger charge is 2.34. The highest BCUT2D eigenvalue weighted by Crippen LogP contribution is 2.23. The Balaban J connectivity index is 1.20. The molecule has 0 aromatic heterocycles. The van der Waals surface area contributed by atoms with E-state index in [-0.39, 0.29) is 36.6 Å². The van der Waals surface area contributed by atoms with Crippen molar-refractivity contribution in [1.82, 2.24) is 14.7 Å². The molecule has 0 bridgehead atoms. The molecule has 1 fully saturated rings. The summed E-state index contributed by atoms with van der Waals surface area (Å²) >= 11 is 0. The van der Waals surface area contributed by atoms with Crippen molar-refractivity contribution in [2.45, 2.75) is 32.1 Å². The molecule has 2 aliphatic rings. The molecule has 0 saturated carbocycles. The van der Waals surface area contributed by atoms with E-state index in [1.54, 1.807) is 36.3 Å². The highest BCUT2D eigenvalue weighted by molar-refractivity contribution is 6.21.